The van der Waals surface area contributed by atoms with Crippen molar-refractivity contribution in [2.24, 2.45) is 5.92 Å². The number of rotatable bonds is 3. The predicted octanol–water partition coefficient (Wildman–Crippen LogP) is 3.12. The molecule has 0 spiro atoms. The summed E-state index contributed by atoms with van der Waals surface area (Å²) in [5.74, 6) is 0.382. The molecule has 0 saturated heterocycles. The minimum absolute atomic E-state index is 0.137. The fourth-order valence-corrected chi connectivity index (χ4v) is 2.97. The summed E-state index contributed by atoms with van der Waals surface area (Å²) in [4.78, 5) is 4.45. The number of nitrogens with one attached hydrogen (secondary N) is 1. The van der Waals surface area contributed by atoms with Crippen LogP contribution >= 0.6 is 0 Å². The van der Waals surface area contributed by atoms with E-state index in [0.717, 1.165) is 42.4 Å². The van der Waals surface area contributed by atoms with Crippen LogP contribution in [-0.4, -0.2) is 22.7 Å². The van der Waals surface area contributed by atoms with Gasteiger partial charge in [-0.2, -0.15) is 0 Å². The first-order chi connectivity index (χ1) is 9.25. The van der Waals surface area contributed by atoms with Crippen LogP contribution in [0.3, 0.4) is 0 Å². The molecular formula is C16H20N2O. The molecular weight excluding hydrogens is 236 g/mol. The van der Waals surface area contributed by atoms with Gasteiger partial charge in [-0.05, 0) is 31.4 Å². The van der Waals surface area contributed by atoms with Crippen LogP contribution in [-0.2, 0) is 0 Å². The minimum atomic E-state index is -0.137. The third kappa shape index (κ3) is 2.43. The number of aromatic nitrogens is 1. The number of hydrogen-bond acceptors (Lipinski definition) is 3. The third-order valence-corrected chi connectivity index (χ3v) is 4.15. The number of pyridine rings is 1. The lowest BCUT2D eigenvalue weighted by Gasteiger charge is -2.17. The maximum Gasteiger partial charge on any atom is 0.0751 e. The summed E-state index contributed by atoms with van der Waals surface area (Å²) in [6, 6.07) is 8.26. The Morgan fingerprint density at radius 2 is 2.21 bits per heavy atom. The summed E-state index contributed by atoms with van der Waals surface area (Å²) in [6.45, 7) is 2.92. The van der Waals surface area contributed by atoms with Crippen molar-refractivity contribution < 1.29 is 5.11 Å². The average Bonchev–Trinajstić information content (AvgIpc) is 2.82. The van der Waals surface area contributed by atoms with E-state index in [2.05, 4.69) is 35.4 Å². The molecule has 3 nitrogen and oxygen atoms in total. The van der Waals surface area contributed by atoms with E-state index in [0.29, 0.717) is 5.92 Å². The Morgan fingerprint density at radius 3 is 3.00 bits per heavy atom. The van der Waals surface area contributed by atoms with Gasteiger partial charge in [-0.1, -0.05) is 24.6 Å². The van der Waals surface area contributed by atoms with Crippen molar-refractivity contribution in [2.45, 2.75) is 32.3 Å². The van der Waals surface area contributed by atoms with Gasteiger partial charge in [-0.15, -0.1) is 0 Å². The van der Waals surface area contributed by atoms with Gasteiger partial charge in [0.25, 0.3) is 0 Å². The Labute approximate surface area is 113 Å². The highest BCUT2D eigenvalue weighted by molar-refractivity contribution is 5.92. The van der Waals surface area contributed by atoms with Crippen LogP contribution < -0.4 is 5.32 Å². The predicted molar refractivity (Wildman–Crippen MR) is 78.3 cm³/mol. The second-order valence-corrected chi connectivity index (χ2v) is 5.47. The summed E-state index contributed by atoms with van der Waals surface area (Å²) in [5, 5.41) is 14.5. The molecule has 1 saturated carbocycles. The minimum Gasteiger partial charge on any atom is -0.393 e. The Kier molecular flexibility index (Phi) is 3.38. The van der Waals surface area contributed by atoms with E-state index in [9.17, 15) is 5.11 Å². The Bertz CT molecular complexity index is 582. The molecule has 2 unspecified atom stereocenters. The zero-order valence-corrected chi connectivity index (χ0v) is 11.3. The highest BCUT2D eigenvalue weighted by Crippen LogP contribution is 2.28. The molecule has 0 bridgehead atoms. The van der Waals surface area contributed by atoms with Crippen molar-refractivity contribution in [1.29, 1.82) is 0 Å². The molecule has 1 aliphatic carbocycles. The molecule has 0 radical (unpaired) electrons. The Morgan fingerprint density at radius 1 is 1.32 bits per heavy atom. The van der Waals surface area contributed by atoms with E-state index >= 15 is 0 Å². The topological polar surface area (TPSA) is 45.1 Å². The standard InChI is InChI=1S/C16H20N2O/c1-11-4-2-6-13-14(8-9-17-16(11)13)18-10-12-5-3-7-15(12)19/h2,4,6,8-9,12,15,19H,3,5,7,10H2,1H3,(H,17,18). The number of aliphatic hydroxyl groups excluding tert-OH is 1. The summed E-state index contributed by atoms with van der Waals surface area (Å²) >= 11 is 0. The van der Waals surface area contributed by atoms with E-state index in [4.69, 9.17) is 0 Å². The quantitative estimate of drug-likeness (QED) is 0.887. The van der Waals surface area contributed by atoms with Crippen LogP contribution in [0.4, 0.5) is 5.69 Å². The Hall–Kier alpha value is -1.61. The molecule has 1 aromatic heterocycles. The molecule has 2 aromatic rings. The zero-order chi connectivity index (χ0) is 13.2. The van der Waals surface area contributed by atoms with Crippen molar-refractivity contribution in [1.82, 2.24) is 4.98 Å². The van der Waals surface area contributed by atoms with Gasteiger partial charge in [0.1, 0.15) is 0 Å². The monoisotopic (exact) mass is 256 g/mol. The summed E-state index contributed by atoms with van der Waals surface area (Å²) in [5.41, 5.74) is 3.37. The second kappa shape index (κ2) is 5.17. The number of nitrogens with zero attached hydrogens (tertiary/aromatic N) is 1. The van der Waals surface area contributed by atoms with Crippen LogP contribution in [0, 0.1) is 12.8 Å². The summed E-state index contributed by atoms with van der Waals surface area (Å²) < 4.78 is 0. The van der Waals surface area contributed by atoms with E-state index in [1.54, 1.807) is 0 Å². The molecule has 1 fully saturated rings. The van der Waals surface area contributed by atoms with E-state index in [-0.39, 0.29) is 6.10 Å². The van der Waals surface area contributed by atoms with Gasteiger partial charge >= 0.3 is 0 Å². The van der Waals surface area contributed by atoms with Crippen LogP contribution in [0.15, 0.2) is 30.5 Å². The van der Waals surface area contributed by atoms with E-state index in [1.807, 2.05) is 12.3 Å². The maximum atomic E-state index is 9.87. The maximum absolute atomic E-state index is 9.87. The second-order valence-electron chi connectivity index (χ2n) is 5.47. The molecule has 1 aliphatic rings. The highest BCUT2D eigenvalue weighted by Gasteiger charge is 2.24. The first kappa shape index (κ1) is 12.4. The van der Waals surface area contributed by atoms with Gasteiger partial charge in [0, 0.05) is 29.7 Å². The lowest BCUT2D eigenvalue weighted by molar-refractivity contribution is 0.138. The average molecular weight is 256 g/mol. The van der Waals surface area contributed by atoms with Crippen molar-refractivity contribution in [3.63, 3.8) is 0 Å². The van der Waals surface area contributed by atoms with Crippen molar-refractivity contribution in [2.75, 3.05) is 11.9 Å². The molecule has 3 heteroatoms. The molecule has 1 aromatic carbocycles. The number of fused-ring (bicyclic) bond motifs is 1. The largest absolute Gasteiger partial charge is 0.393 e. The molecule has 0 aliphatic heterocycles. The first-order valence-corrected chi connectivity index (χ1v) is 7.02. The SMILES string of the molecule is Cc1cccc2c(NCC3CCCC3O)ccnc12. The fourth-order valence-electron chi connectivity index (χ4n) is 2.97. The number of anilines is 1. The zero-order valence-electron chi connectivity index (χ0n) is 11.3. The number of hydrogen-bond donors (Lipinski definition) is 2. The van der Waals surface area contributed by atoms with E-state index < -0.39 is 0 Å². The Balaban J connectivity index is 1.83. The molecule has 1 heterocycles. The van der Waals surface area contributed by atoms with Gasteiger partial charge in [0.2, 0.25) is 0 Å². The van der Waals surface area contributed by atoms with Gasteiger partial charge in [-0.25, -0.2) is 0 Å². The first-order valence-electron chi connectivity index (χ1n) is 7.02. The van der Waals surface area contributed by atoms with Gasteiger partial charge in [-0.3, -0.25) is 4.98 Å². The van der Waals surface area contributed by atoms with E-state index in [1.165, 1.54) is 5.56 Å². The third-order valence-electron chi connectivity index (χ3n) is 4.15. The number of aliphatic hydroxyl groups is 1. The van der Waals surface area contributed by atoms with Crippen LogP contribution in [0.5, 0.6) is 0 Å². The number of para-hydroxylation sites is 1. The molecule has 100 valence electrons. The van der Waals surface area contributed by atoms with Gasteiger partial charge in [0.05, 0.1) is 11.6 Å². The van der Waals surface area contributed by atoms with Crippen LogP contribution in [0.25, 0.3) is 10.9 Å². The molecule has 3 rings (SSSR count). The van der Waals surface area contributed by atoms with Crippen molar-refractivity contribution in [3.05, 3.63) is 36.0 Å². The fraction of sp³-hybridized carbons (Fsp3) is 0.438. The van der Waals surface area contributed by atoms with Crippen molar-refractivity contribution >= 4 is 16.6 Å². The molecule has 2 N–H and O–H groups in total. The molecule has 0 amide bonds. The molecule has 19 heavy (non-hydrogen) atoms. The lowest BCUT2D eigenvalue weighted by atomic mass is 10.1. The number of aryl methyl sites for hydroxylation is 1. The highest BCUT2D eigenvalue weighted by atomic mass is 16.3. The lowest BCUT2D eigenvalue weighted by Crippen LogP contribution is -2.22. The normalized spacial score (nSPS) is 22.8. The molecule has 2 atom stereocenters. The van der Waals surface area contributed by atoms with Crippen molar-refractivity contribution in [3.8, 4) is 0 Å². The summed E-state index contributed by atoms with van der Waals surface area (Å²) in [6.07, 6.45) is 4.92. The van der Waals surface area contributed by atoms with Gasteiger partial charge in [0.15, 0.2) is 0 Å². The summed E-state index contributed by atoms with van der Waals surface area (Å²) in [7, 11) is 0. The smallest absolute Gasteiger partial charge is 0.0751 e. The number of benzene rings is 1. The van der Waals surface area contributed by atoms with Crippen LogP contribution in [0.2, 0.25) is 0 Å². The van der Waals surface area contributed by atoms with Crippen LogP contribution in [0.1, 0.15) is 24.8 Å². The van der Waals surface area contributed by atoms with Gasteiger partial charge < -0.3 is 10.4 Å².